The number of carbonyl (C=O) groups excluding carboxylic acids is 2. The maximum atomic E-state index is 11.8. The molecule has 5 nitrogen and oxygen atoms in total. The highest BCUT2D eigenvalue weighted by molar-refractivity contribution is 5.83. The van der Waals surface area contributed by atoms with Crippen LogP contribution in [0.3, 0.4) is 0 Å². The quantitative estimate of drug-likeness (QED) is 0.699. The molecule has 5 heteroatoms. The highest BCUT2D eigenvalue weighted by Gasteiger charge is 2.07. The lowest BCUT2D eigenvalue weighted by Gasteiger charge is -2.05. The van der Waals surface area contributed by atoms with E-state index in [4.69, 9.17) is 4.74 Å². The fourth-order valence-electron chi connectivity index (χ4n) is 2.44. The molecule has 0 aliphatic carbocycles. The van der Waals surface area contributed by atoms with E-state index >= 15 is 0 Å². The molecule has 0 atom stereocenters. The Balaban J connectivity index is 1.64. The minimum atomic E-state index is -0.224. The number of rotatable bonds is 9. The van der Waals surface area contributed by atoms with E-state index < -0.39 is 0 Å². The van der Waals surface area contributed by atoms with Crippen molar-refractivity contribution in [3.8, 4) is 0 Å². The molecule has 1 heterocycles. The minimum absolute atomic E-state index is 0.0202. The lowest BCUT2D eigenvalue weighted by molar-refractivity contribution is -0.143. The Kier molecular flexibility index (Phi) is 6.66. The first kappa shape index (κ1) is 17.1. The smallest absolute Gasteiger partial charge is 0.305 e. The number of hydrogen-bond acceptors (Lipinski definition) is 3. The molecule has 0 spiro atoms. The number of para-hydroxylation sites is 1. The first-order valence-corrected chi connectivity index (χ1v) is 8.18. The zero-order chi connectivity index (χ0) is 16.5. The third-order valence-corrected chi connectivity index (χ3v) is 3.64. The van der Waals surface area contributed by atoms with E-state index in [2.05, 4.69) is 16.4 Å². The predicted octanol–water partition coefficient (Wildman–Crippen LogP) is 2.95. The molecule has 1 aromatic carbocycles. The third kappa shape index (κ3) is 5.43. The van der Waals surface area contributed by atoms with E-state index in [-0.39, 0.29) is 11.9 Å². The summed E-state index contributed by atoms with van der Waals surface area (Å²) in [6.45, 7) is 3.01. The van der Waals surface area contributed by atoms with Gasteiger partial charge < -0.3 is 15.0 Å². The van der Waals surface area contributed by atoms with E-state index in [0.717, 1.165) is 18.4 Å². The zero-order valence-corrected chi connectivity index (χ0v) is 13.6. The molecule has 2 rings (SSSR count). The number of amides is 1. The van der Waals surface area contributed by atoms with Gasteiger partial charge in [0.05, 0.1) is 6.61 Å². The van der Waals surface area contributed by atoms with E-state index in [1.807, 2.05) is 31.3 Å². The Morgan fingerprint density at radius 2 is 2.04 bits per heavy atom. The molecule has 0 saturated heterocycles. The van der Waals surface area contributed by atoms with Crippen molar-refractivity contribution >= 4 is 22.8 Å². The van der Waals surface area contributed by atoms with Crippen molar-refractivity contribution in [2.45, 2.75) is 39.0 Å². The number of aromatic amines is 1. The van der Waals surface area contributed by atoms with Gasteiger partial charge in [0.25, 0.3) is 0 Å². The normalized spacial score (nSPS) is 10.7. The molecule has 0 aliphatic rings. The molecule has 124 valence electrons. The van der Waals surface area contributed by atoms with Gasteiger partial charge in [-0.05, 0) is 30.9 Å². The SMILES string of the molecule is CCCOC(=O)CCCC(=O)NCCc1c[nH]c2ccccc12. The second-order valence-electron chi connectivity index (χ2n) is 5.53. The Morgan fingerprint density at radius 1 is 1.22 bits per heavy atom. The maximum absolute atomic E-state index is 11.8. The van der Waals surface area contributed by atoms with Crippen LogP contribution in [0.4, 0.5) is 0 Å². The number of nitrogens with one attached hydrogen (secondary N) is 2. The number of aromatic nitrogens is 1. The van der Waals surface area contributed by atoms with Crippen LogP contribution in [0.2, 0.25) is 0 Å². The van der Waals surface area contributed by atoms with Crippen molar-refractivity contribution in [3.63, 3.8) is 0 Å². The number of hydrogen-bond donors (Lipinski definition) is 2. The fraction of sp³-hybridized carbons (Fsp3) is 0.444. The number of fused-ring (bicyclic) bond motifs is 1. The van der Waals surface area contributed by atoms with Gasteiger partial charge in [0.2, 0.25) is 5.91 Å². The number of ether oxygens (including phenoxy) is 1. The molecule has 1 aromatic heterocycles. The van der Waals surface area contributed by atoms with Crippen molar-refractivity contribution < 1.29 is 14.3 Å². The van der Waals surface area contributed by atoms with Crippen molar-refractivity contribution in [2.24, 2.45) is 0 Å². The largest absolute Gasteiger partial charge is 0.466 e. The standard InChI is InChI=1S/C18H24N2O3/c1-2-12-23-18(22)9-5-8-17(21)19-11-10-14-13-20-16-7-4-3-6-15(14)16/h3-4,6-7,13,20H,2,5,8-12H2,1H3,(H,19,21). The topological polar surface area (TPSA) is 71.2 Å². The highest BCUT2D eigenvalue weighted by Crippen LogP contribution is 2.17. The monoisotopic (exact) mass is 316 g/mol. The van der Waals surface area contributed by atoms with E-state index in [1.165, 1.54) is 10.9 Å². The summed E-state index contributed by atoms with van der Waals surface area (Å²) < 4.78 is 4.97. The first-order valence-electron chi connectivity index (χ1n) is 8.18. The van der Waals surface area contributed by atoms with Crippen LogP contribution in [0.1, 0.15) is 38.2 Å². The summed E-state index contributed by atoms with van der Waals surface area (Å²) >= 11 is 0. The number of H-pyrrole nitrogens is 1. The maximum Gasteiger partial charge on any atom is 0.305 e. The molecule has 0 radical (unpaired) electrons. The lowest BCUT2D eigenvalue weighted by Crippen LogP contribution is -2.25. The summed E-state index contributed by atoms with van der Waals surface area (Å²) in [6, 6.07) is 8.12. The number of esters is 1. The fourth-order valence-corrected chi connectivity index (χ4v) is 2.44. The van der Waals surface area contributed by atoms with Gasteiger partial charge in [-0.15, -0.1) is 0 Å². The summed E-state index contributed by atoms with van der Waals surface area (Å²) in [5.41, 5.74) is 2.31. The van der Waals surface area contributed by atoms with Gasteiger partial charge in [-0.25, -0.2) is 0 Å². The Bertz CT molecular complexity index is 649. The van der Waals surface area contributed by atoms with Crippen LogP contribution in [0.15, 0.2) is 30.5 Å². The van der Waals surface area contributed by atoms with Gasteiger partial charge in [0.15, 0.2) is 0 Å². The lowest BCUT2D eigenvalue weighted by atomic mass is 10.1. The van der Waals surface area contributed by atoms with Gasteiger partial charge in [-0.1, -0.05) is 25.1 Å². The molecule has 1 amide bonds. The summed E-state index contributed by atoms with van der Waals surface area (Å²) in [7, 11) is 0. The number of carbonyl (C=O) groups is 2. The van der Waals surface area contributed by atoms with E-state index in [9.17, 15) is 9.59 Å². The molecule has 2 N–H and O–H groups in total. The van der Waals surface area contributed by atoms with Crippen molar-refractivity contribution in [2.75, 3.05) is 13.2 Å². The minimum Gasteiger partial charge on any atom is -0.466 e. The van der Waals surface area contributed by atoms with Crippen LogP contribution in [0, 0.1) is 0 Å². The second kappa shape index (κ2) is 8.98. The van der Waals surface area contributed by atoms with Gasteiger partial charge in [0, 0.05) is 36.5 Å². The molecular formula is C18H24N2O3. The third-order valence-electron chi connectivity index (χ3n) is 3.64. The summed E-state index contributed by atoms with van der Waals surface area (Å²) in [6.07, 6.45) is 4.78. The predicted molar refractivity (Wildman–Crippen MR) is 90.1 cm³/mol. The van der Waals surface area contributed by atoms with Crippen molar-refractivity contribution in [3.05, 3.63) is 36.0 Å². The van der Waals surface area contributed by atoms with Gasteiger partial charge in [-0.2, -0.15) is 0 Å². The molecule has 0 fully saturated rings. The summed E-state index contributed by atoms with van der Waals surface area (Å²) in [5, 5.41) is 4.09. The Morgan fingerprint density at radius 3 is 2.87 bits per heavy atom. The summed E-state index contributed by atoms with van der Waals surface area (Å²) in [4.78, 5) is 26.3. The summed E-state index contributed by atoms with van der Waals surface area (Å²) in [5.74, 6) is -0.244. The van der Waals surface area contributed by atoms with Crippen molar-refractivity contribution in [1.29, 1.82) is 0 Å². The molecule has 2 aromatic rings. The van der Waals surface area contributed by atoms with Crippen LogP contribution in [0.5, 0.6) is 0 Å². The van der Waals surface area contributed by atoms with Crippen LogP contribution in [0.25, 0.3) is 10.9 Å². The Hall–Kier alpha value is -2.30. The van der Waals surface area contributed by atoms with Crippen molar-refractivity contribution in [1.82, 2.24) is 10.3 Å². The molecule has 0 bridgehead atoms. The molecule has 0 aliphatic heterocycles. The first-order chi connectivity index (χ1) is 11.2. The second-order valence-corrected chi connectivity index (χ2v) is 5.53. The van der Waals surface area contributed by atoms with Gasteiger partial charge in [0.1, 0.15) is 0 Å². The number of benzene rings is 1. The van der Waals surface area contributed by atoms with Crippen LogP contribution >= 0.6 is 0 Å². The molecule has 0 unspecified atom stereocenters. The van der Waals surface area contributed by atoms with Crippen LogP contribution in [-0.4, -0.2) is 30.0 Å². The Labute approximate surface area is 136 Å². The molecule has 0 saturated carbocycles. The van der Waals surface area contributed by atoms with Crippen LogP contribution in [-0.2, 0) is 20.7 Å². The van der Waals surface area contributed by atoms with Gasteiger partial charge >= 0.3 is 5.97 Å². The van der Waals surface area contributed by atoms with E-state index in [0.29, 0.717) is 32.4 Å². The average Bonchev–Trinajstić information content (AvgIpc) is 2.96. The van der Waals surface area contributed by atoms with Crippen LogP contribution < -0.4 is 5.32 Å². The average molecular weight is 316 g/mol. The highest BCUT2D eigenvalue weighted by atomic mass is 16.5. The zero-order valence-electron chi connectivity index (χ0n) is 13.6. The van der Waals surface area contributed by atoms with E-state index in [1.54, 1.807) is 0 Å². The molecular weight excluding hydrogens is 292 g/mol. The molecule has 23 heavy (non-hydrogen) atoms. The van der Waals surface area contributed by atoms with Gasteiger partial charge in [-0.3, -0.25) is 9.59 Å².